The van der Waals surface area contributed by atoms with Crippen LogP contribution in [0.1, 0.15) is 11.1 Å². The second kappa shape index (κ2) is 7.58. The summed E-state index contributed by atoms with van der Waals surface area (Å²) in [5, 5.41) is 0. The van der Waals surface area contributed by atoms with Gasteiger partial charge in [-0.2, -0.15) is 26.3 Å². The standard InChI is InChI=1S/C16H14F5NO3S/c1-22(10-11-6-2-3-7-12(11)16(19,20)21)26(23,24)14-9-5-4-8-13(14)25-15(17)18/h2-9,15H,10H2,1H3. The molecule has 0 heterocycles. The zero-order valence-electron chi connectivity index (χ0n) is 13.4. The third-order valence-electron chi connectivity index (χ3n) is 3.47. The van der Waals surface area contributed by atoms with Crippen LogP contribution in [-0.2, 0) is 22.7 Å². The van der Waals surface area contributed by atoms with Crippen LogP contribution < -0.4 is 4.74 Å². The second-order valence-electron chi connectivity index (χ2n) is 5.24. The molecule has 0 atom stereocenters. The van der Waals surface area contributed by atoms with Gasteiger partial charge in [0.25, 0.3) is 0 Å². The number of hydrogen-bond donors (Lipinski definition) is 0. The quantitative estimate of drug-likeness (QED) is 0.691. The summed E-state index contributed by atoms with van der Waals surface area (Å²) < 4.78 is 94.2. The van der Waals surface area contributed by atoms with E-state index in [4.69, 9.17) is 0 Å². The lowest BCUT2D eigenvalue weighted by Gasteiger charge is -2.21. The van der Waals surface area contributed by atoms with Crippen molar-refractivity contribution in [2.24, 2.45) is 0 Å². The first kappa shape index (κ1) is 20.1. The lowest BCUT2D eigenvalue weighted by atomic mass is 10.1. The highest BCUT2D eigenvalue weighted by Crippen LogP contribution is 2.33. The minimum atomic E-state index is -4.65. The maximum atomic E-state index is 13.1. The molecule has 0 aliphatic carbocycles. The number of sulfonamides is 1. The highest BCUT2D eigenvalue weighted by Gasteiger charge is 2.34. The SMILES string of the molecule is CN(Cc1ccccc1C(F)(F)F)S(=O)(=O)c1ccccc1OC(F)F. The summed E-state index contributed by atoms with van der Waals surface area (Å²) in [6, 6.07) is 9.19. The second-order valence-corrected chi connectivity index (χ2v) is 7.25. The Labute approximate surface area is 146 Å². The molecule has 0 aliphatic rings. The van der Waals surface area contributed by atoms with E-state index in [-0.39, 0.29) is 5.56 Å². The Hall–Kier alpha value is -2.20. The van der Waals surface area contributed by atoms with Crippen molar-refractivity contribution in [3.8, 4) is 5.75 Å². The summed E-state index contributed by atoms with van der Waals surface area (Å²) in [7, 11) is -3.31. The molecule has 0 N–H and O–H groups in total. The molecule has 2 aromatic carbocycles. The van der Waals surface area contributed by atoms with E-state index in [1.165, 1.54) is 24.3 Å². The van der Waals surface area contributed by atoms with E-state index in [0.717, 1.165) is 31.3 Å². The Kier molecular flexibility index (Phi) is 5.87. The predicted molar refractivity (Wildman–Crippen MR) is 83.2 cm³/mol. The van der Waals surface area contributed by atoms with E-state index in [0.29, 0.717) is 4.31 Å². The molecule has 0 spiro atoms. The van der Waals surface area contributed by atoms with Gasteiger partial charge in [0.1, 0.15) is 10.6 Å². The number of ether oxygens (including phenoxy) is 1. The molecule has 142 valence electrons. The van der Waals surface area contributed by atoms with Gasteiger partial charge in [-0.1, -0.05) is 30.3 Å². The molecule has 4 nitrogen and oxygen atoms in total. The Balaban J connectivity index is 2.38. The Bertz CT molecular complexity index is 868. The molecular weight excluding hydrogens is 381 g/mol. The topological polar surface area (TPSA) is 46.6 Å². The van der Waals surface area contributed by atoms with E-state index in [1.54, 1.807) is 0 Å². The molecule has 2 rings (SSSR count). The van der Waals surface area contributed by atoms with Crippen molar-refractivity contribution in [2.75, 3.05) is 7.05 Å². The molecule has 0 fully saturated rings. The molecule has 0 unspecified atom stereocenters. The van der Waals surface area contributed by atoms with Crippen molar-refractivity contribution < 1.29 is 35.1 Å². The van der Waals surface area contributed by atoms with Gasteiger partial charge in [-0.25, -0.2) is 8.42 Å². The summed E-state index contributed by atoms with van der Waals surface area (Å²) in [5.74, 6) is -0.585. The molecule has 0 radical (unpaired) electrons. The van der Waals surface area contributed by atoms with E-state index < -0.39 is 45.6 Å². The number of hydrogen-bond acceptors (Lipinski definition) is 3. The minimum Gasteiger partial charge on any atom is -0.433 e. The maximum absolute atomic E-state index is 13.1. The molecule has 0 amide bonds. The average molecular weight is 395 g/mol. The Morgan fingerprint density at radius 2 is 1.62 bits per heavy atom. The fraction of sp³-hybridized carbons (Fsp3) is 0.250. The fourth-order valence-electron chi connectivity index (χ4n) is 2.28. The number of alkyl halides is 5. The lowest BCUT2D eigenvalue weighted by Crippen LogP contribution is -2.28. The molecule has 0 saturated heterocycles. The fourth-order valence-corrected chi connectivity index (χ4v) is 3.55. The van der Waals surface area contributed by atoms with Crippen LogP contribution in [0, 0.1) is 0 Å². The number of rotatable bonds is 6. The largest absolute Gasteiger partial charge is 0.433 e. The Morgan fingerprint density at radius 1 is 1.04 bits per heavy atom. The summed E-state index contributed by atoms with van der Waals surface area (Å²) in [4.78, 5) is -0.563. The number of benzene rings is 2. The normalized spacial score (nSPS) is 12.6. The summed E-state index contributed by atoms with van der Waals surface area (Å²) >= 11 is 0. The monoisotopic (exact) mass is 395 g/mol. The van der Waals surface area contributed by atoms with E-state index in [9.17, 15) is 30.4 Å². The third-order valence-corrected chi connectivity index (χ3v) is 5.31. The molecule has 0 aliphatic heterocycles. The van der Waals surface area contributed by atoms with Gasteiger partial charge in [0, 0.05) is 13.6 Å². The molecule has 10 heteroatoms. The van der Waals surface area contributed by atoms with Crippen molar-refractivity contribution >= 4 is 10.0 Å². The average Bonchev–Trinajstić information content (AvgIpc) is 2.54. The Morgan fingerprint density at radius 3 is 2.23 bits per heavy atom. The number of para-hydroxylation sites is 1. The molecule has 2 aromatic rings. The highest BCUT2D eigenvalue weighted by atomic mass is 32.2. The van der Waals surface area contributed by atoms with Crippen molar-refractivity contribution in [1.29, 1.82) is 0 Å². The van der Waals surface area contributed by atoms with Crippen LogP contribution in [0.4, 0.5) is 22.0 Å². The van der Waals surface area contributed by atoms with Crippen LogP contribution in [0.2, 0.25) is 0 Å². The molecule has 0 bridgehead atoms. The van der Waals surface area contributed by atoms with Crippen LogP contribution >= 0.6 is 0 Å². The van der Waals surface area contributed by atoms with E-state index >= 15 is 0 Å². The third kappa shape index (κ3) is 4.50. The van der Waals surface area contributed by atoms with Gasteiger partial charge in [-0.3, -0.25) is 0 Å². The van der Waals surface area contributed by atoms with Gasteiger partial charge in [0.05, 0.1) is 5.56 Å². The van der Waals surface area contributed by atoms with Crippen LogP contribution in [-0.4, -0.2) is 26.4 Å². The van der Waals surface area contributed by atoms with Gasteiger partial charge in [0.15, 0.2) is 0 Å². The van der Waals surface area contributed by atoms with Crippen LogP contribution in [0.15, 0.2) is 53.4 Å². The smallest absolute Gasteiger partial charge is 0.416 e. The summed E-state index contributed by atoms with van der Waals surface area (Å²) in [5.41, 5.74) is -1.24. The zero-order chi connectivity index (χ0) is 19.5. The highest BCUT2D eigenvalue weighted by molar-refractivity contribution is 7.89. The van der Waals surface area contributed by atoms with E-state index in [1.807, 2.05) is 0 Å². The first-order valence-electron chi connectivity index (χ1n) is 7.18. The van der Waals surface area contributed by atoms with Crippen molar-refractivity contribution in [2.45, 2.75) is 24.2 Å². The van der Waals surface area contributed by atoms with Gasteiger partial charge in [-0.15, -0.1) is 0 Å². The molecular formula is C16H14F5NO3S. The number of nitrogens with zero attached hydrogens (tertiary/aromatic N) is 1. The lowest BCUT2D eigenvalue weighted by molar-refractivity contribution is -0.138. The van der Waals surface area contributed by atoms with Crippen molar-refractivity contribution in [3.05, 3.63) is 59.7 Å². The minimum absolute atomic E-state index is 0.265. The molecule has 0 saturated carbocycles. The summed E-state index contributed by atoms with van der Waals surface area (Å²) in [6.07, 6.45) is -4.65. The number of halogens is 5. The van der Waals surface area contributed by atoms with Gasteiger partial charge < -0.3 is 4.74 Å². The van der Waals surface area contributed by atoms with E-state index in [2.05, 4.69) is 4.74 Å². The van der Waals surface area contributed by atoms with Gasteiger partial charge in [0.2, 0.25) is 10.0 Å². The van der Waals surface area contributed by atoms with Crippen LogP contribution in [0.5, 0.6) is 5.75 Å². The molecule has 26 heavy (non-hydrogen) atoms. The van der Waals surface area contributed by atoms with Crippen LogP contribution in [0.25, 0.3) is 0 Å². The van der Waals surface area contributed by atoms with Crippen LogP contribution in [0.3, 0.4) is 0 Å². The predicted octanol–water partition coefficient (Wildman–Crippen LogP) is 4.13. The van der Waals surface area contributed by atoms with Gasteiger partial charge in [-0.05, 0) is 23.8 Å². The molecule has 0 aromatic heterocycles. The van der Waals surface area contributed by atoms with Crippen molar-refractivity contribution in [3.63, 3.8) is 0 Å². The maximum Gasteiger partial charge on any atom is 0.416 e. The summed E-state index contributed by atoms with van der Waals surface area (Å²) in [6.45, 7) is -3.84. The van der Waals surface area contributed by atoms with Gasteiger partial charge >= 0.3 is 12.8 Å². The first-order valence-corrected chi connectivity index (χ1v) is 8.62. The first-order chi connectivity index (χ1) is 12.0. The van der Waals surface area contributed by atoms with Crippen molar-refractivity contribution in [1.82, 2.24) is 4.31 Å². The zero-order valence-corrected chi connectivity index (χ0v) is 14.2.